The van der Waals surface area contributed by atoms with Crippen molar-refractivity contribution in [3.63, 3.8) is 0 Å². The molecular weight excluding hydrogens is 502 g/mol. The number of aromatic nitrogens is 5. The van der Waals surface area contributed by atoms with Gasteiger partial charge in [0.1, 0.15) is 5.82 Å². The molecule has 0 saturated carbocycles. The second-order valence-corrected chi connectivity index (χ2v) is 9.97. The highest BCUT2D eigenvalue weighted by Gasteiger charge is 2.25. The van der Waals surface area contributed by atoms with E-state index in [1.807, 2.05) is 6.92 Å². The zero-order chi connectivity index (χ0) is 27.4. The number of anilines is 2. The molecule has 0 radical (unpaired) electrons. The summed E-state index contributed by atoms with van der Waals surface area (Å²) < 4.78 is 6.46. The lowest BCUT2D eigenvalue weighted by Crippen LogP contribution is -2.30. The van der Waals surface area contributed by atoms with Crippen LogP contribution in [0.1, 0.15) is 67.4 Å². The van der Waals surface area contributed by atoms with Crippen molar-refractivity contribution in [2.45, 2.75) is 51.1 Å². The summed E-state index contributed by atoms with van der Waals surface area (Å²) in [5, 5.41) is 20.3. The number of nitrogens with zero attached hydrogens (tertiary/aromatic N) is 4. The van der Waals surface area contributed by atoms with E-state index in [1.54, 1.807) is 35.3 Å². The summed E-state index contributed by atoms with van der Waals surface area (Å²) >= 11 is 0. The summed E-state index contributed by atoms with van der Waals surface area (Å²) in [5.74, 6) is -0.125. The van der Waals surface area contributed by atoms with Crippen molar-refractivity contribution in [1.82, 2.24) is 35.6 Å². The Morgan fingerprint density at radius 1 is 1.15 bits per heavy atom. The number of methoxy groups -OCH3 is 1. The lowest BCUT2D eigenvalue weighted by atomic mass is 9.99. The number of nitrogens with one attached hydrogen (secondary N) is 5. The van der Waals surface area contributed by atoms with Crippen molar-refractivity contribution >= 4 is 29.3 Å². The fourth-order valence-electron chi connectivity index (χ4n) is 4.93. The fourth-order valence-corrected chi connectivity index (χ4v) is 4.93. The second-order valence-electron chi connectivity index (χ2n) is 9.97. The van der Waals surface area contributed by atoms with Gasteiger partial charge in [-0.05, 0) is 57.0 Å². The average molecular weight is 536 g/mol. The molecule has 5 N–H and O–H groups in total. The van der Waals surface area contributed by atoms with Gasteiger partial charge in [0.2, 0.25) is 5.91 Å². The van der Waals surface area contributed by atoms with Gasteiger partial charge in [-0.15, -0.1) is 5.10 Å². The predicted octanol–water partition coefficient (Wildman–Crippen LogP) is 3.00. The first-order chi connectivity index (χ1) is 18.9. The summed E-state index contributed by atoms with van der Waals surface area (Å²) in [4.78, 5) is 45.7. The summed E-state index contributed by atoms with van der Waals surface area (Å²) in [7, 11) is 1.28. The van der Waals surface area contributed by atoms with E-state index in [4.69, 9.17) is 0 Å². The lowest BCUT2D eigenvalue weighted by Gasteiger charge is -2.22. The largest absolute Gasteiger partial charge is 0.453 e. The maximum Gasteiger partial charge on any atom is 0.411 e. The molecule has 206 valence electrons. The first-order valence-corrected chi connectivity index (χ1v) is 13.2. The number of H-pyrrole nitrogens is 1. The van der Waals surface area contributed by atoms with E-state index in [0.717, 1.165) is 25.9 Å². The van der Waals surface area contributed by atoms with E-state index in [2.05, 4.69) is 46.3 Å². The zero-order valence-electron chi connectivity index (χ0n) is 22.0. The Balaban J connectivity index is 1.40. The number of piperidine rings is 1. The zero-order valence-corrected chi connectivity index (χ0v) is 22.0. The average Bonchev–Trinajstić information content (AvgIpc) is 3.63. The number of carbonyl (C=O) groups excluding carboxylic acids is 3. The Morgan fingerprint density at radius 3 is 2.77 bits per heavy atom. The summed E-state index contributed by atoms with van der Waals surface area (Å²) in [6.45, 7) is 3.70. The minimum absolute atomic E-state index is 0.137. The molecule has 2 unspecified atom stereocenters. The number of benzene rings is 1. The minimum Gasteiger partial charge on any atom is -0.453 e. The van der Waals surface area contributed by atoms with Crippen molar-refractivity contribution in [2.24, 2.45) is 5.92 Å². The molecule has 1 fully saturated rings. The summed E-state index contributed by atoms with van der Waals surface area (Å²) in [6, 6.07) is 4.98. The standard InChI is InChI=1S/C26H33N9O4/c1-15-4-3-5-19(31-25(37)22-14-35(34-33-22)17-8-10-27-11-9-17)23-28-13-21(30-23)18-7-6-16(29-26(38)39-2)12-20(18)32-24(15)36/h6-7,12-15,17,19,27H,3-5,8-11H2,1-2H3,(H,28,30)(H,29,38)(H,31,37)(H,32,36). The van der Waals surface area contributed by atoms with Crippen LogP contribution >= 0.6 is 0 Å². The summed E-state index contributed by atoms with van der Waals surface area (Å²) in [6.07, 6.45) is 6.54. The number of imidazole rings is 1. The molecular formula is C26H33N9O4. The number of amides is 3. The molecule has 13 heteroatoms. The van der Waals surface area contributed by atoms with Gasteiger partial charge in [0.25, 0.3) is 5.91 Å². The molecule has 2 aliphatic heterocycles. The van der Waals surface area contributed by atoms with Crippen LogP contribution in [0.5, 0.6) is 0 Å². The molecule has 3 amide bonds. The van der Waals surface area contributed by atoms with Crippen molar-refractivity contribution in [2.75, 3.05) is 30.8 Å². The molecule has 0 aliphatic carbocycles. The van der Waals surface area contributed by atoms with E-state index in [-0.39, 0.29) is 29.5 Å². The highest BCUT2D eigenvalue weighted by molar-refractivity contribution is 5.98. The molecule has 5 rings (SSSR count). The Morgan fingerprint density at radius 2 is 1.97 bits per heavy atom. The van der Waals surface area contributed by atoms with Gasteiger partial charge in [-0.3, -0.25) is 14.9 Å². The van der Waals surface area contributed by atoms with E-state index in [0.29, 0.717) is 47.7 Å². The van der Waals surface area contributed by atoms with E-state index < -0.39 is 12.1 Å². The van der Waals surface area contributed by atoms with Crippen LogP contribution in [0.3, 0.4) is 0 Å². The van der Waals surface area contributed by atoms with Crippen LogP contribution in [0.2, 0.25) is 0 Å². The Hall–Kier alpha value is -4.26. The Bertz CT molecular complexity index is 1340. The third kappa shape index (κ3) is 6.08. The van der Waals surface area contributed by atoms with E-state index >= 15 is 0 Å². The highest BCUT2D eigenvalue weighted by atomic mass is 16.5. The van der Waals surface area contributed by atoms with Gasteiger partial charge >= 0.3 is 6.09 Å². The van der Waals surface area contributed by atoms with Gasteiger partial charge in [-0.1, -0.05) is 18.6 Å². The Labute approximate surface area is 225 Å². The third-order valence-corrected chi connectivity index (χ3v) is 7.23. The lowest BCUT2D eigenvalue weighted by molar-refractivity contribution is -0.119. The van der Waals surface area contributed by atoms with Gasteiger partial charge in [-0.25, -0.2) is 14.5 Å². The maximum absolute atomic E-state index is 13.2. The van der Waals surface area contributed by atoms with Crippen molar-refractivity contribution in [1.29, 1.82) is 0 Å². The number of aromatic amines is 1. The molecule has 0 spiro atoms. The second kappa shape index (κ2) is 11.6. The normalized spacial score (nSPS) is 20.1. The molecule has 13 nitrogen and oxygen atoms in total. The first-order valence-electron chi connectivity index (χ1n) is 13.2. The molecule has 2 atom stereocenters. The molecule has 2 bridgehead atoms. The third-order valence-electron chi connectivity index (χ3n) is 7.23. The van der Waals surface area contributed by atoms with Crippen molar-refractivity contribution < 1.29 is 19.1 Å². The SMILES string of the molecule is COC(=O)Nc1ccc2c(c1)NC(=O)C(C)CCCC(NC(=O)c1cn(C3CCNCC3)nn1)c1ncc-2[nH]1. The maximum atomic E-state index is 13.2. The first kappa shape index (κ1) is 26.4. The van der Waals surface area contributed by atoms with Gasteiger partial charge in [0.05, 0.1) is 43.0 Å². The molecule has 1 aromatic carbocycles. The van der Waals surface area contributed by atoms with Crippen LogP contribution in [-0.2, 0) is 9.53 Å². The number of rotatable bonds is 4. The topological polar surface area (TPSA) is 168 Å². The Kier molecular flexibility index (Phi) is 7.87. The van der Waals surface area contributed by atoms with E-state index in [9.17, 15) is 14.4 Å². The number of hydrogen-bond donors (Lipinski definition) is 5. The minimum atomic E-state index is -0.610. The highest BCUT2D eigenvalue weighted by Crippen LogP contribution is 2.32. The smallest absolute Gasteiger partial charge is 0.411 e. The van der Waals surface area contributed by atoms with Gasteiger partial charge < -0.3 is 25.7 Å². The molecule has 2 aromatic heterocycles. The van der Waals surface area contributed by atoms with Crippen LogP contribution < -0.4 is 21.3 Å². The van der Waals surface area contributed by atoms with Crippen LogP contribution in [0.25, 0.3) is 11.3 Å². The fraction of sp³-hybridized carbons (Fsp3) is 0.462. The molecule has 1 saturated heterocycles. The van der Waals surface area contributed by atoms with Crippen LogP contribution in [-0.4, -0.2) is 63.1 Å². The molecule has 4 heterocycles. The van der Waals surface area contributed by atoms with Gasteiger partial charge in [-0.2, -0.15) is 0 Å². The number of hydrogen-bond acceptors (Lipinski definition) is 8. The van der Waals surface area contributed by atoms with Crippen molar-refractivity contribution in [3.8, 4) is 11.3 Å². The van der Waals surface area contributed by atoms with Crippen LogP contribution in [0.4, 0.5) is 16.2 Å². The van der Waals surface area contributed by atoms with Crippen molar-refractivity contribution in [3.05, 3.63) is 42.1 Å². The monoisotopic (exact) mass is 535 g/mol. The number of fused-ring (bicyclic) bond motifs is 4. The number of ether oxygens (including phenoxy) is 1. The predicted molar refractivity (Wildman–Crippen MR) is 143 cm³/mol. The van der Waals surface area contributed by atoms with E-state index in [1.165, 1.54) is 7.11 Å². The molecule has 2 aliphatic rings. The van der Waals surface area contributed by atoms with Crippen LogP contribution in [0, 0.1) is 5.92 Å². The van der Waals surface area contributed by atoms with Crippen LogP contribution in [0.15, 0.2) is 30.6 Å². The quantitative estimate of drug-likeness (QED) is 0.340. The number of carbonyl (C=O) groups is 3. The van der Waals surface area contributed by atoms with Gasteiger partial charge in [0, 0.05) is 17.2 Å². The molecule has 39 heavy (non-hydrogen) atoms. The molecule has 3 aromatic rings. The summed E-state index contributed by atoms with van der Waals surface area (Å²) in [5.41, 5.74) is 2.61. The van der Waals surface area contributed by atoms with Gasteiger partial charge in [0.15, 0.2) is 5.69 Å².